The molecule has 0 fully saturated rings. The number of nitrogens with zero attached hydrogens (tertiary/aromatic N) is 2. The highest BCUT2D eigenvalue weighted by Crippen LogP contribution is 2.51. The maximum Gasteiger partial charge on any atom is 0.0619 e. The smallest absolute Gasteiger partial charge is 0.0619 e. The molecule has 0 aliphatic heterocycles. The van der Waals surface area contributed by atoms with Crippen molar-refractivity contribution in [2.45, 2.75) is 26.2 Å². The molecule has 0 bridgehead atoms. The van der Waals surface area contributed by atoms with Gasteiger partial charge in [-0.1, -0.05) is 159 Å². The Kier molecular flexibility index (Phi) is 8.60. The highest BCUT2D eigenvalue weighted by atomic mass is 15.2. The van der Waals surface area contributed by atoms with Gasteiger partial charge >= 0.3 is 0 Å². The first-order valence-electron chi connectivity index (χ1n) is 20.0. The summed E-state index contributed by atoms with van der Waals surface area (Å²) in [5, 5.41) is 9.67. The predicted octanol–water partition coefficient (Wildman–Crippen LogP) is 15.1. The first-order chi connectivity index (χ1) is 27.7. The Balaban J connectivity index is 1.29. The van der Waals surface area contributed by atoms with Crippen molar-refractivity contribution in [1.29, 1.82) is 0 Å². The van der Waals surface area contributed by atoms with Crippen LogP contribution in [0.5, 0.6) is 0 Å². The zero-order valence-electron chi connectivity index (χ0n) is 31.8. The Morgan fingerprint density at radius 3 is 1.66 bits per heavy atom. The van der Waals surface area contributed by atoms with E-state index in [1.807, 2.05) is 6.08 Å². The largest absolute Gasteiger partial charge is 0.310 e. The molecule has 0 N–H and O–H groups in total. The van der Waals surface area contributed by atoms with Gasteiger partial charge in [0.2, 0.25) is 0 Å². The molecule has 2 heteroatoms. The summed E-state index contributed by atoms with van der Waals surface area (Å²) in [6.07, 6.45) is 17.4. The molecule has 2 nitrogen and oxygen atoms in total. The van der Waals surface area contributed by atoms with Crippen molar-refractivity contribution in [3.05, 3.63) is 205 Å². The van der Waals surface area contributed by atoms with E-state index >= 15 is 0 Å². The summed E-state index contributed by atoms with van der Waals surface area (Å²) in [4.78, 5) is 5.01. The molecule has 0 radical (unpaired) electrons. The minimum atomic E-state index is 0.369. The van der Waals surface area contributed by atoms with Crippen LogP contribution in [0, 0.1) is 11.8 Å². The number of aryl methyl sites for hydroxylation is 1. The maximum absolute atomic E-state index is 4.24. The van der Waals surface area contributed by atoms with Gasteiger partial charge in [0.05, 0.1) is 11.4 Å². The molecule has 8 aromatic rings. The topological polar surface area (TPSA) is 6.48 Å². The van der Waals surface area contributed by atoms with Gasteiger partial charge in [-0.2, -0.15) is 0 Å². The van der Waals surface area contributed by atoms with Gasteiger partial charge in [-0.05, 0) is 100 Å². The Hall–Kier alpha value is -6.64. The summed E-state index contributed by atoms with van der Waals surface area (Å²) in [5.41, 5.74) is 9.41. The molecule has 0 heterocycles. The average Bonchev–Trinajstić information content (AvgIpc) is 3.27. The minimum Gasteiger partial charge on any atom is -0.310 e. The minimum absolute atomic E-state index is 0.369. The lowest BCUT2D eigenvalue weighted by molar-refractivity contribution is 0.488. The van der Waals surface area contributed by atoms with Crippen LogP contribution in [-0.2, 0) is 6.42 Å². The van der Waals surface area contributed by atoms with E-state index in [1.165, 1.54) is 77.7 Å². The fraction of sp³-hybridized carbons (Fsp3) is 0.111. The lowest BCUT2D eigenvalue weighted by Gasteiger charge is -2.35. The molecule has 0 saturated heterocycles. The Bertz CT molecular complexity index is 2770. The molecular weight excluding hydrogens is 677 g/mol. The summed E-state index contributed by atoms with van der Waals surface area (Å²) in [6.45, 7) is 6.46. The van der Waals surface area contributed by atoms with Crippen LogP contribution in [0.3, 0.4) is 0 Å². The molecule has 2 aliphatic carbocycles. The molecule has 10 rings (SSSR count). The number of rotatable bonds is 8. The Morgan fingerprint density at radius 1 is 0.571 bits per heavy atom. The molecule has 2 atom stereocenters. The number of allylic oxidation sites excluding steroid dienone is 5. The van der Waals surface area contributed by atoms with E-state index < -0.39 is 0 Å². The number of fused-ring (bicyclic) bond motifs is 5. The van der Waals surface area contributed by atoms with Crippen molar-refractivity contribution in [3.63, 3.8) is 0 Å². The van der Waals surface area contributed by atoms with Crippen LogP contribution >= 0.6 is 0 Å². The normalized spacial score (nSPS) is 16.3. The standard InChI is InChI=1S/C54H44N2/c1-3-37-25-29-45(33-38(37)4-2)55(46-30-26-39-15-5-8-18-42(39)34-46)53-49-21-11-13-23-51(49)54(52-24-14-12-22-50(52)53)56(47-31-27-40-16-6-9-19-43(40)35-47)48-32-28-41-17-7-10-20-44(41)36-48/h4,6-14,16-36,39,42H,2-3,5,15H2,1H3. The Labute approximate surface area is 329 Å². The van der Waals surface area contributed by atoms with Crippen LogP contribution in [0.25, 0.3) is 49.2 Å². The quantitative estimate of drug-likeness (QED) is 0.0876. The molecule has 0 amide bonds. The summed E-state index contributed by atoms with van der Waals surface area (Å²) in [7, 11) is 0. The molecule has 2 unspecified atom stereocenters. The van der Waals surface area contributed by atoms with Crippen LogP contribution in [0.4, 0.5) is 28.4 Å². The van der Waals surface area contributed by atoms with Gasteiger partial charge in [0.15, 0.2) is 0 Å². The van der Waals surface area contributed by atoms with Gasteiger partial charge in [0, 0.05) is 50.2 Å². The van der Waals surface area contributed by atoms with Gasteiger partial charge in [-0.3, -0.25) is 0 Å². The van der Waals surface area contributed by atoms with E-state index in [0.717, 1.165) is 29.9 Å². The fourth-order valence-electron chi connectivity index (χ4n) is 9.15. The van der Waals surface area contributed by atoms with Gasteiger partial charge in [-0.25, -0.2) is 0 Å². The molecule has 8 aromatic carbocycles. The molecule has 56 heavy (non-hydrogen) atoms. The highest BCUT2D eigenvalue weighted by Gasteiger charge is 2.29. The van der Waals surface area contributed by atoms with Crippen molar-refractivity contribution in [2.24, 2.45) is 11.8 Å². The molecule has 2 aliphatic rings. The summed E-state index contributed by atoms with van der Waals surface area (Å²) < 4.78 is 0. The van der Waals surface area contributed by atoms with E-state index in [0.29, 0.717) is 11.8 Å². The summed E-state index contributed by atoms with van der Waals surface area (Å²) >= 11 is 0. The zero-order valence-corrected chi connectivity index (χ0v) is 31.8. The highest BCUT2D eigenvalue weighted by molar-refractivity contribution is 6.23. The molecule has 0 aromatic heterocycles. The third-order valence-corrected chi connectivity index (χ3v) is 11.9. The van der Waals surface area contributed by atoms with E-state index in [4.69, 9.17) is 0 Å². The van der Waals surface area contributed by atoms with E-state index in [1.54, 1.807) is 0 Å². The third kappa shape index (κ3) is 5.81. The van der Waals surface area contributed by atoms with Crippen LogP contribution in [-0.4, -0.2) is 0 Å². The van der Waals surface area contributed by atoms with Crippen molar-refractivity contribution in [1.82, 2.24) is 0 Å². The number of hydrogen-bond acceptors (Lipinski definition) is 2. The van der Waals surface area contributed by atoms with Crippen LogP contribution < -0.4 is 9.80 Å². The van der Waals surface area contributed by atoms with E-state index in [-0.39, 0.29) is 0 Å². The van der Waals surface area contributed by atoms with Gasteiger partial charge in [-0.15, -0.1) is 0 Å². The predicted molar refractivity (Wildman–Crippen MR) is 242 cm³/mol. The van der Waals surface area contributed by atoms with Gasteiger partial charge in [0.1, 0.15) is 0 Å². The maximum atomic E-state index is 4.24. The number of benzene rings is 8. The monoisotopic (exact) mass is 720 g/mol. The van der Waals surface area contributed by atoms with Crippen molar-refractivity contribution in [2.75, 3.05) is 9.80 Å². The van der Waals surface area contributed by atoms with Crippen molar-refractivity contribution < 1.29 is 0 Å². The summed E-state index contributed by atoms with van der Waals surface area (Å²) in [5.74, 6) is 0.901. The SMILES string of the molecule is C=Cc1cc(N(C2=CC3C=CCCC3C=C2)c2c3ccccc3c(N(c3ccc4ccccc4c3)c3ccc4ccccc4c3)c3ccccc23)ccc1CC. The van der Waals surface area contributed by atoms with E-state index in [2.05, 4.69) is 205 Å². The average molecular weight is 721 g/mol. The number of hydrogen-bond donors (Lipinski definition) is 0. The summed E-state index contributed by atoms with van der Waals surface area (Å²) in [6, 6.07) is 56.0. The first kappa shape index (κ1) is 33.9. The molecule has 270 valence electrons. The van der Waals surface area contributed by atoms with Crippen LogP contribution in [0.2, 0.25) is 0 Å². The molecular formula is C54H44N2. The second kappa shape index (κ2) is 14.2. The first-order valence-corrected chi connectivity index (χ1v) is 20.0. The number of anilines is 5. The van der Waals surface area contributed by atoms with Crippen LogP contribution in [0.1, 0.15) is 30.9 Å². The van der Waals surface area contributed by atoms with E-state index in [9.17, 15) is 0 Å². The lowest BCUT2D eigenvalue weighted by atomic mass is 9.80. The second-order valence-corrected chi connectivity index (χ2v) is 15.2. The zero-order chi connectivity index (χ0) is 37.6. The van der Waals surface area contributed by atoms with Gasteiger partial charge < -0.3 is 9.80 Å². The lowest BCUT2D eigenvalue weighted by Crippen LogP contribution is -2.23. The third-order valence-electron chi connectivity index (χ3n) is 11.9. The second-order valence-electron chi connectivity index (χ2n) is 15.2. The fourth-order valence-corrected chi connectivity index (χ4v) is 9.15. The van der Waals surface area contributed by atoms with Crippen molar-refractivity contribution in [3.8, 4) is 0 Å². The molecule has 0 spiro atoms. The van der Waals surface area contributed by atoms with Crippen molar-refractivity contribution >= 4 is 77.6 Å². The molecule has 0 saturated carbocycles. The van der Waals surface area contributed by atoms with Crippen LogP contribution in [0.15, 0.2) is 194 Å². The van der Waals surface area contributed by atoms with Gasteiger partial charge in [0.25, 0.3) is 0 Å². The Morgan fingerprint density at radius 2 is 1.09 bits per heavy atom.